The number of nitro groups is 1. The fourth-order valence-electron chi connectivity index (χ4n) is 2.32. The molecule has 1 atom stereocenters. The molecule has 0 saturated carbocycles. The molecule has 0 spiro atoms. The Morgan fingerprint density at radius 1 is 1.35 bits per heavy atom. The molecule has 0 fully saturated rings. The number of hydrogen-bond acceptors (Lipinski definition) is 7. The lowest BCUT2D eigenvalue weighted by atomic mass is 10.2. The van der Waals surface area contributed by atoms with Gasteiger partial charge in [-0.15, -0.1) is 0 Å². The second-order valence-electron chi connectivity index (χ2n) is 5.29. The van der Waals surface area contributed by atoms with Gasteiger partial charge in [-0.25, -0.2) is 5.43 Å². The fraction of sp³-hybridized carbons (Fsp3) is 0.176. The highest BCUT2D eigenvalue weighted by Gasteiger charge is 2.27. The number of nitrogens with one attached hydrogen (secondary N) is 1. The summed E-state index contributed by atoms with van der Waals surface area (Å²) in [6.07, 6.45) is 0.453. The Kier molecular flexibility index (Phi) is 4.97. The number of hydrazone groups is 1. The number of nitrogens with zero attached hydrogens (tertiary/aromatic N) is 2. The number of amides is 1. The van der Waals surface area contributed by atoms with Crippen LogP contribution in [-0.4, -0.2) is 36.9 Å². The summed E-state index contributed by atoms with van der Waals surface area (Å²) in [4.78, 5) is 22.6. The quantitative estimate of drug-likeness (QED) is 0.497. The van der Waals surface area contributed by atoms with Gasteiger partial charge in [0.05, 0.1) is 18.2 Å². The summed E-state index contributed by atoms with van der Waals surface area (Å²) >= 11 is 0. The Morgan fingerprint density at radius 2 is 2.12 bits per heavy atom. The van der Waals surface area contributed by atoms with E-state index in [1.165, 1.54) is 25.5 Å². The van der Waals surface area contributed by atoms with Crippen molar-refractivity contribution >= 4 is 17.8 Å². The zero-order valence-electron chi connectivity index (χ0n) is 13.7. The van der Waals surface area contributed by atoms with Crippen molar-refractivity contribution in [3.63, 3.8) is 0 Å². The highest BCUT2D eigenvalue weighted by Crippen LogP contribution is 2.31. The summed E-state index contributed by atoms with van der Waals surface area (Å²) < 4.78 is 15.9. The van der Waals surface area contributed by atoms with Gasteiger partial charge in [0.25, 0.3) is 5.91 Å². The normalized spacial score (nSPS) is 15.5. The molecule has 9 heteroatoms. The van der Waals surface area contributed by atoms with Crippen molar-refractivity contribution in [1.82, 2.24) is 5.43 Å². The maximum Gasteiger partial charge on any atom is 0.311 e. The van der Waals surface area contributed by atoms with Crippen molar-refractivity contribution < 1.29 is 23.9 Å². The van der Waals surface area contributed by atoms with Crippen LogP contribution in [0.1, 0.15) is 5.56 Å². The van der Waals surface area contributed by atoms with E-state index in [0.29, 0.717) is 17.1 Å². The third kappa shape index (κ3) is 3.72. The molecule has 0 aromatic heterocycles. The number of benzene rings is 2. The minimum absolute atomic E-state index is 0.0619. The molecule has 1 unspecified atom stereocenters. The molecule has 0 aliphatic carbocycles. The summed E-state index contributed by atoms with van der Waals surface area (Å²) in [5, 5.41) is 14.8. The summed E-state index contributed by atoms with van der Waals surface area (Å²) in [7, 11) is 1.35. The first kappa shape index (κ1) is 17.2. The van der Waals surface area contributed by atoms with Gasteiger partial charge in [0.2, 0.25) is 6.10 Å². The molecule has 2 aromatic rings. The van der Waals surface area contributed by atoms with Crippen LogP contribution in [0, 0.1) is 10.1 Å². The van der Waals surface area contributed by atoms with Gasteiger partial charge in [0, 0.05) is 11.6 Å². The Balaban J connectivity index is 1.63. The lowest BCUT2D eigenvalue weighted by Gasteiger charge is -2.24. The summed E-state index contributed by atoms with van der Waals surface area (Å²) in [5.74, 6) is 0.709. The number of ether oxygens (including phenoxy) is 3. The zero-order valence-corrected chi connectivity index (χ0v) is 13.7. The minimum atomic E-state index is -0.841. The molecule has 1 aliphatic heterocycles. The molecule has 3 rings (SSSR count). The van der Waals surface area contributed by atoms with Gasteiger partial charge in [-0.3, -0.25) is 14.9 Å². The Morgan fingerprint density at radius 3 is 2.85 bits per heavy atom. The molecule has 0 saturated heterocycles. The molecule has 1 amide bonds. The monoisotopic (exact) mass is 357 g/mol. The van der Waals surface area contributed by atoms with Crippen LogP contribution < -0.4 is 19.6 Å². The number of nitro benzene ring substituents is 1. The summed E-state index contributed by atoms with van der Waals surface area (Å²) in [6, 6.07) is 11.4. The van der Waals surface area contributed by atoms with E-state index in [0.717, 1.165) is 0 Å². The van der Waals surface area contributed by atoms with E-state index < -0.39 is 16.9 Å². The number of carbonyl (C=O) groups is 1. The Labute approximate surface area is 148 Å². The number of para-hydroxylation sites is 2. The van der Waals surface area contributed by atoms with Gasteiger partial charge in [0.15, 0.2) is 17.2 Å². The Hall–Kier alpha value is -3.62. The largest absolute Gasteiger partial charge is 0.490 e. The van der Waals surface area contributed by atoms with Gasteiger partial charge in [-0.2, -0.15) is 5.10 Å². The average molecular weight is 357 g/mol. The molecule has 1 N–H and O–H groups in total. The minimum Gasteiger partial charge on any atom is -0.490 e. The maximum absolute atomic E-state index is 12.1. The van der Waals surface area contributed by atoms with Crippen molar-refractivity contribution in [3.05, 3.63) is 58.1 Å². The number of methoxy groups -OCH3 is 1. The van der Waals surface area contributed by atoms with E-state index in [2.05, 4.69) is 10.5 Å². The van der Waals surface area contributed by atoms with Gasteiger partial charge in [0.1, 0.15) is 6.61 Å². The van der Waals surface area contributed by atoms with E-state index in [-0.39, 0.29) is 18.0 Å². The second kappa shape index (κ2) is 7.51. The van der Waals surface area contributed by atoms with Crippen LogP contribution >= 0.6 is 0 Å². The van der Waals surface area contributed by atoms with Crippen molar-refractivity contribution in [2.45, 2.75) is 6.10 Å². The first-order valence-electron chi connectivity index (χ1n) is 7.62. The van der Waals surface area contributed by atoms with Crippen LogP contribution in [0.4, 0.5) is 5.69 Å². The predicted molar refractivity (Wildman–Crippen MR) is 91.7 cm³/mol. The van der Waals surface area contributed by atoms with E-state index in [1.807, 2.05) is 0 Å². The zero-order chi connectivity index (χ0) is 18.5. The van der Waals surface area contributed by atoms with Gasteiger partial charge < -0.3 is 14.2 Å². The molecular weight excluding hydrogens is 342 g/mol. The van der Waals surface area contributed by atoms with Crippen molar-refractivity contribution in [2.24, 2.45) is 5.10 Å². The first-order chi connectivity index (χ1) is 12.6. The highest BCUT2D eigenvalue weighted by atomic mass is 16.6. The molecule has 26 heavy (non-hydrogen) atoms. The van der Waals surface area contributed by atoms with Crippen LogP contribution in [0.3, 0.4) is 0 Å². The van der Waals surface area contributed by atoms with E-state index in [9.17, 15) is 14.9 Å². The molecule has 9 nitrogen and oxygen atoms in total. The van der Waals surface area contributed by atoms with Crippen LogP contribution in [0.2, 0.25) is 0 Å². The third-order valence-electron chi connectivity index (χ3n) is 3.59. The highest BCUT2D eigenvalue weighted by molar-refractivity contribution is 5.85. The summed E-state index contributed by atoms with van der Waals surface area (Å²) in [6.45, 7) is 0.0619. The van der Waals surface area contributed by atoms with Crippen LogP contribution in [0.15, 0.2) is 47.6 Å². The molecule has 1 heterocycles. The molecule has 0 radical (unpaired) electrons. The fourth-order valence-corrected chi connectivity index (χ4v) is 2.32. The van der Waals surface area contributed by atoms with E-state index in [1.54, 1.807) is 30.3 Å². The van der Waals surface area contributed by atoms with Crippen molar-refractivity contribution in [2.75, 3.05) is 13.7 Å². The van der Waals surface area contributed by atoms with Gasteiger partial charge in [-0.05, 0) is 24.3 Å². The van der Waals surface area contributed by atoms with E-state index >= 15 is 0 Å². The van der Waals surface area contributed by atoms with Crippen LogP contribution in [0.25, 0.3) is 0 Å². The Bertz CT molecular complexity index is 867. The number of fused-ring (bicyclic) bond motifs is 1. The maximum atomic E-state index is 12.1. The molecule has 134 valence electrons. The number of rotatable bonds is 5. The van der Waals surface area contributed by atoms with Gasteiger partial charge >= 0.3 is 5.69 Å². The number of carbonyl (C=O) groups excluding carboxylic acids is 1. The van der Waals surface area contributed by atoms with Crippen molar-refractivity contribution in [3.8, 4) is 17.2 Å². The average Bonchev–Trinajstić information content (AvgIpc) is 2.67. The van der Waals surface area contributed by atoms with Crippen LogP contribution in [-0.2, 0) is 4.79 Å². The molecular formula is C17H15N3O6. The SMILES string of the molecule is COc1ccc(C=NNC(=O)C2COc3ccccc3O2)cc1[N+](=O)[O-]. The lowest BCUT2D eigenvalue weighted by molar-refractivity contribution is -0.385. The smallest absolute Gasteiger partial charge is 0.311 e. The van der Waals surface area contributed by atoms with Crippen LogP contribution in [0.5, 0.6) is 17.2 Å². The predicted octanol–water partition coefficient (Wildman–Crippen LogP) is 1.89. The standard InChI is InChI=1S/C17H15N3O6/c1-24-13-7-6-11(8-12(13)20(22)23)9-18-19-17(21)16-10-25-14-4-2-3-5-15(14)26-16/h2-9,16H,10H2,1H3,(H,19,21). The topological polar surface area (TPSA) is 112 Å². The molecule has 0 bridgehead atoms. The number of hydrogen-bond donors (Lipinski definition) is 1. The van der Waals surface area contributed by atoms with Crippen molar-refractivity contribution in [1.29, 1.82) is 0 Å². The molecule has 1 aliphatic rings. The van der Waals surface area contributed by atoms with Gasteiger partial charge in [-0.1, -0.05) is 12.1 Å². The second-order valence-corrected chi connectivity index (χ2v) is 5.29. The first-order valence-corrected chi connectivity index (χ1v) is 7.62. The third-order valence-corrected chi connectivity index (χ3v) is 3.59. The molecule has 2 aromatic carbocycles. The lowest BCUT2D eigenvalue weighted by Crippen LogP contribution is -2.42. The summed E-state index contributed by atoms with van der Waals surface area (Å²) in [5.41, 5.74) is 2.58. The van der Waals surface area contributed by atoms with E-state index in [4.69, 9.17) is 14.2 Å².